The molecule has 2 heterocycles. The summed E-state index contributed by atoms with van der Waals surface area (Å²) in [5.41, 5.74) is 2.78. The van der Waals surface area contributed by atoms with Gasteiger partial charge in [-0.25, -0.2) is 4.98 Å². The first-order valence-electron chi connectivity index (χ1n) is 6.35. The average Bonchev–Trinajstić information content (AvgIpc) is 2.85. The first-order valence-corrected chi connectivity index (χ1v) is 6.35. The molecule has 19 heavy (non-hydrogen) atoms. The molecule has 1 aliphatic rings. The Balaban J connectivity index is 1.69. The van der Waals surface area contributed by atoms with Crippen molar-refractivity contribution in [3.05, 3.63) is 35.3 Å². The summed E-state index contributed by atoms with van der Waals surface area (Å²) in [6.07, 6.45) is 2.24. The summed E-state index contributed by atoms with van der Waals surface area (Å²) >= 11 is 0. The smallest absolute Gasteiger partial charge is 0.229 e. The summed E-state index contributed by atoms with van der Waals surface area (Å²) in [7, 11) is 0. The molecule has 0 spiro atoms. The van der Waals surface area contributed by atoms with Crippen molar-refractivity contribution in [2.75, 3.05) is 5.32 Å². The summed E-state index contributed by atoms with van der Waals surface area (Å²) in [6, 6.07) is 5.59. The zero-order valence-corrected chi connectivity index (χ0v) is 10.7. The molecule has 1 amide bonds. The van der Waals surface area contributed by atoms with Crippen molar-refractivity contribution < 1.29 is 4.79 Å². The van der Waals surface area contributed by atoms with Crippen LogP contribution in [0, 0.1) is 12.8 Å². The Morgan fingerprint density at radius 1 is 1.37 bits per heavy atom. The van der Waals surface area contributed by atoms with Gasteiger partial charge in [0.05, 0.1) is 11.4 Å². The molecule has 2 aromatic rings. The van der Waals surface area contributed by atoms with Gasteiger partial charge in [0, 0.05) is 18.0 Å². The van der Waals surface area contributed by atoms with Crippen molar-refractivity contribution in [3.8, 4) is 0 Å². The van der Waals surface area contributed by atoms with E-state index < -0.39 is 0 Å². The number of aryl methyl sites for hydroxylation is 2. The lowest BCUT2D eigenvalue weighted by molar-refractivity contribution is -0.120. The van der Waals surface area contributed by atoms with Crippen LogP contribution in [0.15, 0.2) is 18.2 Å². The van der Waals surface area contributed by atoms with E-state index in [1.807, 2.05) is 19.1 Å². The highest BCUT2D eigenvalue weighted by Crippen LogP contribution is 2.23. The van der Waals surface area contributed by atoms with Gasteiger partial charge in [-0.05, 0) is 31.9 Å². The molecule has 0 radical (unpaired) electrons. The van der Waals surface area contributed by atoms with Crippen molar-refractivity contribution in [3.63, 3.8) is 0 Å². The van der Waals surface area contributed by atoms with Crippen LogP contribution in [-0.2, 0) is 17.6 Å². The zero-order valence-electron chi connectivity index (χ0n) is 10.7. The van der Waals surface area contributed by atoms with Crippen LogP contribution >= 0.6 is 0 Å². The Bertz CT molecular complexity index is 607. The second kappa shape index (κ2) is 4.79. The third-order valence-corrected chi connectivity index (χ3v) is 3.38. The standard InChI is InChI=1S/C13H15N5O/c1-8-3-2-4-12(14-8)15-13(19)9-5-6-10-11(7-9)17-18-16-10/h2-4,9H,5-7H2,1H3,(H,14,15,19)(H,16,17,18). The number of anilines is 1. The van der Waals surface area contributed by atoms with Gasteiger partial charge >= 0.3 is 0 Å². The lowest BCUT2D eigenvalue weighted by Crippen LogP contribution is -2.28. The summed E-state index contributed by atoms with van der Waals surface area (Å²) in [4.78, 5) is 16.5. The van der Waals surface area contributed by atoms with Crippen molar-refractivity contribution in [2.45, 2.75) is 26.2 Å². The van der Waals surface area contributed by atoms with Crippen molar-refractivity contribution in [2.24, 2.45) is 5.92 Å². The predicted octanol–water partition coefficient (Wildman–Crippen LogP) is 1.25. The number of aromatic amines is 1. The van der Waals surface area contributed by atoms with Gasteiger partial charge < -0.3 is 5.32 Å². The fraction of sp³-hybridized carbons (Fsp3) is 0.385. The van der Waals surface area contributed by atoms with Crippen molar-refractivity contribution in [1.29, 1.82) is 0 Å². The minimum Gasteiger partial charge on any atom is -0.310 e. The Hall–Kier alpha value is -2.24. The number of pyridine rings is 1. The zero-order chi connectivity index (χ0) is 13.2. The van der Waals surface area contributed by atoms with Gasteiger partial charge in [0.25, 0.3) is 0 Å². The number of H-pyrrole nitrogens is 1. The molecule has 0 aliphatic heterocycles. The number of hydrogen-bond acceptors (Lipinski definition) is 4. The van der Waals surface area contributed by atoms with Gasteiger partial charge in [-0.3, -0.25) is 4.79 Å². The minimum absolute atomic E-state index is 0.00625. The van der Waals surface area contributed by atoms with Crippen LogP contribution in [0.1, 0.15) is 23.5 Å². The molecule has 98 valence electrons. The Labute approximate surface area is 110 Å². The topological polar surface area (TPSA) is 83.6 Å². The normalized spacial score (nSPS) is 17.8. The fourth-order valence-electron chi connectivity index (χ4n) is 2.35. The first kappa shape index (κ1) is 11.8. The van der Waals surface area contributed by atoms with Crippen LogP contribution in [0.2, 0.25) is 0 Å². The summed E-state index contributed by atoms with van der Waals surface area (Å²) < 4.78 is 0. The minimum atomic E-state index is -0.0556. The molecule has 0 fully saturated rings. The van der Waals surface area contributed by atoms with E-state index in [9.17, 15) is 4.79 Å². The lowest BCUT2D eigenvalue weighted by Gasteiger charge is -2.19. The van der Waals surface area contributed by atoms with Crippen LogP contribution in [0.25, 0.3) is 0 Å². The lowest BCUT2D eigenvalue weighted by atomic mass is 9.89. The van der Waals surface area contributed by atoms with E-state index in [2.05, 4.69) is 25.7 Å². The molecule has 2 N–H and O–H groups in total. The van der Waals surface area contributed by atoms with Crippen LogP contribution < -0.4 is 5.32 Å². The van der Waals surface area contributed by atoms with Crippen LogP contribution in [-0.4, -0.2) is 26.3 Å². The van der Waals surface area contributed by atoms with Crippen LogP contribution in [0.4, 0.5) is 5.82 Å². The average molecular weight is 257 g/mol. The van der Waals surface area contributed by atoms with Gasteiger partial charge in [-0.15, -0.1) is 0 Å². The van der Waals surface area contributed by atoms with Gasteiger partial charge in [-0.1, -0.05) is 6.07 Å². The number of rotatable bonds is 2. The summed E-state index contributed by atoms with van der Waals surface area (Å²) in [5.74, 6) is 0.558. The Morgan fingerprint density at radius 3 is 3.05 bits per heavy atom. The molecule has 1 aliphatic carbocycles. The number of aromatic nitrogens is 4. The van der Waals surface area contributed by atoms with E-state index in [0.717, 1.165) is 29.9 Å². The molecule has 1 atom stereocenters. The van der Waals surface area contributed by atoms with Gasteiger partial charge in [0.1, 0.15) is 5.82 Å². The number of hydrogen-bond donors (Lipinski definition) is 2. The maximum Gasteiger partial charge on any atom is 0.229 e. The van der Waals surface area contributed by atoms with Gasteiger partial charge in [-0.2, -0.15) is 15.4 Å². The highest BCUT2D eigenvalue weighted by molar-refractivity contribution is 5.92. The maximum absolute atomic E-state index is 12.2. The van der Waals surface area contributed by atoms with Gasteiger partial charge in [0.2, 0.25) is 5.91 Å². The fourth-order valence-corrected chi connectivity index (χ4v) is 2.35. The maximum atomic E-state index is 12.2. The number of fused-ring (bicyclic) bond motifs is 1. The molecule has 1 unspecified atom stereocenters. The predicted molar refractivity (Wildman–Crippen MR) is 69.5 cm³/mol. The largest absolute Gasteiger partial charge is 0.310 e. The highest BCUT2D eigenvalue weighted by atomic mass is 16.1. The van der Waals surface area contributed by atoms with E-state index >= 15 is 0 Å². The molecule has 0 saturated carbocycles. The number of carbonyl (C=O) groups is 1. The molecular formula is C13H15N5O. The molecule has 3 rings (SSSR count). The molecule has 0 saturated heterocycles. The van der Waals surface area contributed by atoms with Gasteiger partial charge in [0.15, 0.2) is 0 Å². The summed E-state index contributed by atoms with van der Waals surface area (Å²) in [6.45, 7) is 1.90. The SMILES string of the molecule is Cc1cccc(NC(=O)C2CCc3n[nH]nc3C2)n1. The number of carbonyl (C=O) groups excluding carboxylic acids is 1. The monoisotopic (exact) mass is 257 g/mol. The third kappa shape index (κ3) is 2.47. The second-order valence-corrected chi connectivity index (χ2v) is 4.81. The van der Waals surface area contributed by atoms with Crippen LogP contribution in [0.3, 0.4) is 0 Å². The van der Waals surface area contributed by atoms with E-state index in [0.29, 0.717) is 12.2 Å². The number of nitrogens with one attached hydrogen (secondary N) is 2. The first-order chi connectivity index (χ1) is 9.22. The van der Waals surface area contributed by atoms with Crippen molar-refractivity contribution in [1.82, 2.24) is 20.4 Å². The highest BCUT2D eigenvalue weighted by Gasteiger charge is 2.27. The Kier molecular flexibility index (Phi) is 2.98. The molecule has 0 bridgehead atoms. The Morgan fingerprint density at radius 2 is 2.21 bits per heavy atom. The number of nitrogens with zero attached hydrogens (tertiary/aromatic N) is 3. The van der Waals surface area contributed by atoms with E-state index in [1.165, 1.54) is 0 Å². The molecule has 6 heteroatoms. The molecular weight excluding hydrogens is 242 g/mol. The van der Waals surface area contributed by atoms with E-state index in [4.69, 9.17) is 0 Å². The van der Waals surface area contributed by atoms with Crippen molar-refractivity contribution >= 4 is 11.7 Å². The summed E-state index contributed by atoms with van der Waals surface area (Å²) in [5, 5.41) is 13.6. The number of amides is 1. The molecule has 0 aromatic carbocycles. The quantitative estimate of drug-likeness (QED) is 0.848. The van der Waals surface area contributed by atoms with E-state index in [1.54, 1.807) is 6.07 Å². The second-order valence-electron chi connectivity index (χ2n) is 4.81. The molecule has 6 nitrogen and oxygen atoms in total. The molecule has 2 aromatic heterocycles. The van der Waals surface area contributed by atoms with E-state index in [-0.39, 0.29) is 11.8 Å². The van der Waals surface area contributed by atoms with Crippen LogP contribution in [0.5, 0.6) is 0 Å². The third-order valence-electron chi connectivity index (χ3n) is 3.38.